The Balaban J connectivity index is 2.11. The lowest BCUT2D eigenvalue weighted by Gasteiger charge is -2.19. The third-order valence-corrected chi connectivity index (χ3v) is 5.13. The van der Waals surface area contributed by atoms with Gasteiger partial charge >= 0.3 is 0 Å². The molecule has 5 nitrogen and oxygen atoms in total. The van der Waals surface area contributed by atoms with Crippen LogP contribution in [-0.4, -0.2) is 19.9 Å². The van der Waals surface area contributed by atoms with E-state index in [1.165, 1.54) is 0 Å². The van der Waals surface area contributed by atoms with E-state index in [4.69, 9.17) is 0 Å². The van der Waals surface area contributed by atoms with Gasteiger partial charge in [0.1, 0.15) is 5.82 Å². The predicted molar refractivity (Wildman–Crippen MR) is 91.9 cm³/mol. The number of carbonyl (C=O) groups excluding carboxylic acids is 1. The number of hydrogen-bond acceptors (Lipinski definition) is 3. The van der Waals surface area contributed by atoms with Crippen molar-refractivity contribution in [2.45, 2.75) is 39.2 Å². The average Bonchev–Trinajstić information content (AvgIpc) is 2.96. The highest BCUT2D eigenvalue weighted by Gasteiger charge is 2.30. The number of amides is 1. The highest BCUT2D eigenvalue weighted by atomic mass is 32.2. The first-order valence-corrected chi connectivity index (χ1v) is 9.09. The molecule has 1 unspecified atom stereocenters. The van der Waals surface area contributed by atoms with Gasteiger partial charge in [0.2, 0.25) is 5.91 Å². The molecule has 6 heteroatoms. The monoisotopic (exact) mass is 331 g/mol. The Hall–Kier alpha value is -1.95. The van der Waals surface area contributed by atoms with E-state index in [1.54, 1.807) is 4.68 Å². The zero-order valence-corrected chi connectivity index (χ0v) is 14.7. The Morgan fingerprint density at radius 1 is 1.26 bits per heavy atom. The number of nitrogens with zero attached hydrogens (tertiary/aromatic N) is 2. The van der Waals surface area contributed by atoms with E-state index in [-0.39, 0.29) is 5.91 Å². The van der Waals surface area contributed by atoms with Crippen LogP contribution in [0.1, 0.15) is 37.6 Å². The topological polar surface area (TPSA) is 64.0 Å². The molecule has 0 aliphatic carbocycles. The third-order valence-electron chi connectivity index (χ3n) is 3.93. The fourth-order valence-electron chi connectivity index (χ4n) is 2.53. The van der Waals surface area contributed by atoms with Crippen molar-refractivity contribution in [1.82, 2.24) is 9.78 Å². The van der Waals surface area contributed by atoms with Crippen molar-refractivity contribution >= 4 is 22.5 Å². The number of aromatic nitrogens is 2. The van der Waals surface area contributed by atoms with E-state index >= 15 is 0 Å². The lowest BCUT2D eigenvalue weighted by molar-refractivity contribution is -0.123. The van der Waals surface area contributed by atoms with E-state index in [0.717, 1.165) is 22.5 Å². The first-order valence-electron chi connectivity index (χ1n) is 7.60. The van der Waals surface area contributed by atoms with Gasteiger partial charge in [-0.05, 0) is 18.6 Å². The molecular formula is C17H21N3O2S. The molecule has 3 rings (SSSR count). The van der Waals surface area contributed by atoms with Gasteiger partial charge in [-0.2, -0.15) is 5.10 Å². The molecule has 0 spiro atoms. The Kier molecular flexibility index (Phi) is 3.88. The van der Waals surface area contributed by atoms with Gasteiger partial charge in [-0.25, -0.2) is 4.68 Å². The van der Waals surface area contributed by atoms with Crippen molar-refractivity contribution in [1.29, 1.82) is 0 Å². The van der Waals surface area contributed by atoms with Crippen molar-refractivity contribution in [3.05, 3.63) is 41.1 Å². The molecule has 1 aliphatic heterocycles. The number of benzene rings is 1. The van der Waals surface area contributed by atoms with Crippen LogP contribution in [-0.2, 0) is 27.1 Å². The summed E-state index contributed by atoms with van der Waals surface area (Å²) in [7, 11) is -0.932. The van der Waals surface area contributed by atoms with Crippen LogP contribution in [0, 0.1) is 12.3 Å². The molecule has 0 saturated carbocycles. The predicted octanol–water partition coefficient (Wildman–Crippen LogP) is 2.93. The molecule has 2 aromatic rings. The summed E-state index contributed by atoms with van der Waals surface area (Å²) in [4.78, 5) is 12.5. The van der Waals surface area contributed by atoms with Crippen molar-refractivity contribution in [3.63, 3.8) is 0 Å². The second-order valence-corrected chi connectivity index (χ2v) is 8.36. The van der Waals surface area contributed by atoms with Gasteiger partial charge in [-0.3, -0.25) is 9.00 Å². The molecule has 1 amide bonds. The second-order valence-electron chi connectivity index (χ2n) is 6.90. The Bertz CT molecular complexity index is 803. The van der Waals surface area contributed by atoms with Gasteiger partial charge in [-0.1, -0.05) is 39.0 Å². The SMILES string of the molecule is Cc1ccccc1-n1nc2c(c1NC(=O)C(C)(C)C)CS(=O)C2. The minimum atomic E-state index is -0.932. The van der Waals surface area contributed by atoms with Crippen LogP contribution in [0.25, 0.3) is 5.69 Å². The summed E-state index contributed by atoms with van der Waals surface area (Å²) in [5, 5.41) is 7.62. The molecule has 0 bridgehead atoms. The van der Waals surface area contributed by atoms with Gasteiger partial charge in [0.15, 0.2) is 0 Å². The van der Waals surface area contributed by atoms with Gasteiger partial charge in [0.25, 0.3) is 0 Å². The molecule has 0 fully saturated rings. The molecule has 0 radical (unpaired) electrons. The molecule has 122 valence electrons. The van der Waals surface area contributed by atoms with E-state index in [9.17, 15) is 9.00 Å². The van der Waals surface area contributed by atoms with Crippen LogP contribution < -0.4 is 5.32 Å². The molecule has 1 aromatic heterocycles. The first-order chi connectivity index (χ1) is 10.8. The highest BCUT2D eigenvalue weighted by molar-refractivity contribution is 7.83. The maximum Gasteiger partial charge on any atom is 0.230 e. The van der Waals surface area contributed by atoms with Crippen LogP contribution in [0.3, 0.4) is 0 Å². The van der Waals surface area contributed by atoms with Crippen molar-refractivity contribution < 1.29 is 9.00 Å². The molecule has 1 aromatic carbocycles. The number of fused-ring (bicyclic) bond motifs is 1. The number of nitrogens with one attached hydrogen (secondary N) is 1. The second kappa shape index (κ2) is 5.60. The van der Waals surface area contributed by atoms with Crippen LogP contribution in [0.4, 0.5) is 5.82 Å². The lowest BCUT2D eigenvalue weighted by Crippen LogP contribution is -2.29. The maximum atomic E-state index is 12.5. The van der Waals surface area contributed by atoms with Gasteiger partial charge in [-0.15, -0.1) is 0 Å². The molecule has 23 heavy (non-hydrogen) atoms. The van der Waals surface area contributed by atoms with Crippen molar-refractivity contribution in [2.24, 2.45) is 5.41 Å². The molecule has 2 heterocycles. The van der Waals surface area contributed by atoms with Crippen LogP contribution >= 0.6 is 0 Å². The summed E-state index contributed by atoms with van der Waals surface area (Å²) in [6.45, 7) is 7.62. The maximum absolute atomic E-state index is 12.5. The average molecular weight is 331 g/mol. The number of rotatable bonds is 2. The zero-order valence-electron chi connectivity index (χ0n) is 13.8. The van der Waals surface area contributed by atoms with Crippen LogP contribution in [0.2, 0.25) is 0 Å². The van der Waals surface area contributed by atoms with Crippen molar-refractivity contribution in [2.75, 3.05) is 5.32 Å². The van der Waals surface area contributed by atoms with E-state index in [1.807, 2.05) is 52.0 Å². The van der Waals surface area contributed by atoms with Crippen LogP contribution in [0.5, 0.6) is 0 Å². The third kappa shape index (κ3) is 2.95. The highest BCUT2D eigenvalue weighted by Crippen LogP contribution is 2.33. The molecule has 1 atom stereocenters. The standard InChI is InChI=1S/C17H21N3O2S/c1-11-7-5-6-8-14(11)20-15(18-16(21)17(2,3)4)12-9-23(22)10-13(12)19-20/h5-8H,9-10H2,1-4H3,(H,18,21). The Morgan fingerprint density at radius 2 is 1.96 bits per heavy atom. The van der Waals surface area contributed by atoms with E-state index < -0.39 is 16.2 Å². The number of hydrogen-bond donors (Lipinski definition) is 1. The first kappa shape index (κ1) is 15.9. The minimum Gasteiger partial charge on any atom is -0.310 e. The summed E-state index contributed by atoms with van der Waals surface area (Å²) in [5.41, 5.74) is 3.20. The number of carbonyl (C=O) groups is 1. The lowest BCUT2D eigenvalue weighted by atomic mass is 9.95. The molecule has 0 saturated heterocycles. The normalized spacial score (nSPS) is 17.1. The quantitative estimate of drug-likeness (QED) is 0.920. The zero-order chi connectivity index (χ0) is 16.8. The van der Waals surface area contributed by atoms with Crippen molar-refractivity contribution in [3.8, 4) is 5.69 Å². The summed E-state index contributed by atoms with van der Waals surface area (Å²) in [6.07, 6.45) is 0. The number of para-hydroxylation sites is 1. The largest absolute Gasteiger partial charge is 0.310 e. The molecular weight excluding hydrogens is 310 g/mol. The molecule has 1 N–H and O–H groups in total. The fraction of sp³-hybridized carbons (Fsp3) is 0.412. The Labute approximate surface area is 138 Å². The Morgan fingerprint density at radius 3 is 2.61 bits per heavy atom. The smallest absolute Gasteiger partial charge is 0.230 e. The summed E-state index contributed by atoms with van der Waals surface area (Å²) in [6, 6.07) is 7.90. The van der Waals surface area contributed by atoms with Gasteiger partial charge in [0.05, 0.1) is 22.9 Å². The van der Waals surface area contributed by atoms with E-state index in [0.29, 0.717) is 17.3 Å². The summed E-state index contributed by atoms with van der Waals surface area (Å²) in [5.74, 6) is 1.47. The molecule has 1 aliphatic rings. The fourth-order valence-corrected chi connectivity index (χ4v) is 3.79. The summed E-state index contributed by atoms with van der Waals surface area (Å²) >= 11 is 0. The van der Waals surface area contributed by atoms with Gasteiger partial charge < -0.3 is 5.32 Å². The number of anilines is 1. The summed E-state index contributed by atoms with van der Waals surface area (Å²) < 4.78 is 13.6. The van der Waals surface area contributed by atoms with E-state index in [2.05, 4.69) is 10.4 Å². The van der Waals surface area contributed by atoms with Crippen LogP contribution in [0.15, 0.2) is 24.3 Å². The van der Waals surface area contributed by atoms with Gasteiger partial charge in [0, 0.05) is 21.8 Å². The number of aryl methyl sites for hydroxylation is 1. The minimum absolute atomic E-state index is 0.0762.